The van der Waals surface area contributed by atoms with Crippen molar-refractivity contribution in [1.82, 2.24) is 4.98 Å². The topological polar surface area (TPSA) is 68.0 Å². The van der Waals surface area contributed by atoms with Crippen LogP contribution in [0.15, 0.2) is 35.7 Å². The molecule has 0 radical (unpaired) electrons. The van der Waals surface area contributed by atoms with Crippen molar-refractivity contribution in [2.75, 3.05) is 5.32 Å². The maximum atomic E-state index is 12.1. The summed E-state index contributed by atoms with van der Waals surface area (Å²) in [6.45, 7) is 0. The Balaban J connectivity index is 1.49. The van der Waals surface area contributed by atoms with E-state index >= 15 is 0 Å². The van der Waals surface area contributed by atoms with Gasteiger partial charge in [-0.25, -0.2) is 4.98 Å². The third-order valence-corrected chi connectivity index (χ3v) is 4.45. The Morgan fingerprint density at radius 2 is 2.14 bits per heavy atom. The predicted molar refractivity (Wildman–Crippen MR) is 85.5 cm³/mol. The number of nitrogens with one attached hydrogen (secondary N) is 1. The van der Waals surface area contributed by atoms with Crippen LogP contribution in [0.2, 0.25) is 0 Å². The van der Waals surface area contributed by atoms with E-state index < -0.39 is 6.04 Å². The number of hydrogen-bond acceptors (Lipinski definition) is 4. The summed E-state index contributed by atoms with van der Waals surface area (Å²) in [6.07, 6.45) is 3.87. The SMILES string of the molecule is NC(CCc1ccccc1)C(=O)Nc1nc(C2CC2)cs1. The Labute approximate surface area is 128 Å². The van der Waals surface area contributed by atoms with Gasteiger partial charge in [-0.1, -0.05) is 30.3 Å². The molecule has 1 fully saturated rings. The molecule has 4 nitrogen and oxygen atoms in total. The Hall–Kier alpha value is -1.72. The van der Waals surface area contributed by atoms with E-state index in [0.29, 0.717) is 17.5 Å². The van der Waals surface area contributed by atoms with Gasteiger partial charge in [-0.15, -0.1) is 11.3 Å². The van der Waals surface area contributed by atoms with Gasteiger partial charge in [0.15, 0.2) is 5.13 Å². The summed E-state index contributed by atoms with van der Waals surface area (Å²) in [4.78, 5) is 16.5. The zero-order valence-corrected chi connectivity index (χ0v) is 12.6. The van der Waals surface area contributed by atoms with Crippen LogP contribution in [0.4, 0.5) is 5.13 Å². The maximum Gasteiger partial charge on any atom is 0.243 e. The van der Waals surface area contributed by atoms with Crippen LogP contribution in [0.5, 0.6) is 0 Å². The minimum atomic E-state index is -0.501. The number of carbonyl (C=O) groups excluding carboxylic acids is 1. The molecule has 1 atom stereocenters. The number of carbonyl (C=O) groups is 1. The Kier molecular flexibility index (Phi) is 4.31. The van der Waals surface area contributed by atoms with E-state index in [-0.39, 0.29) is 5.91 Å². The zero-order valence-electron chi connectivity index (χ0n) is 11.8. The van der Waals surface area contributed by atoms with Gasteiger partial charge in [0.25, 0.3) is 0 Å². The van der Waals surface area contributed by atoms with Gasteiger partial charge < -0.3 is 11.1 Å². The largest absolute Gasteiger partial charge is 0.320 e. The third-order valence-electron chi connectivity index (χ3n) is 3.67. The number of aryl methyl sites for hydroxylation is 1. The molecule has 2 aromatic rings. The molecule has 1 aliphatic carbocycles. The van der Waals surface area contributed by atoms with E-state index in [1.165, 1.54) is 29.7 Å². The van der Waals surface area contributed by atoms with E-state index in [9.17, 15) is 4.79 Å². The molecule has 0 aliphatic heterocycles. The standard InChI is InChI=1S/C16H19N3OS/c17-13(9-6-11-4-2-1-3-5-11)15(20)19-16-18-14(10-21-16)12-7-8-12/h1-5,10,12-13H,6-9,17H2,(H,18,19,20). The van der Waals surface area contributed by atoms with Gasteiger partial charge in [0.2, 0.25) is 5.91 Å². The predicted octanol–water partition coefficient (Wildman–Crippen LogP) is 2.92. The summed E-state index contributed by atoms with van der Waals surface area (Å²) in [7, 11) is 0. The van der Waals surface area contributed by atoms with Crippen LogP contribution in [0.25, 0.3) is 0 Å². The molecule has 1 unspecified atom stereocenters. The summed E-state index contributed by atoms with van der Waals surface area (Å²) in [6, 6.07) is 9.57. The minimum Gasteiger partial charge on any atom is -0.320 e. The van der Waals surface area contributed by atoms with Crippen molar-refractivity contribution in [3.05, 3.63) is 47.0 Å². The number of amides is 1. The van der Waals surface area contributed by atoms with E-state index in [1.807, 2.05) is 35.7 Å². The van der Waals surface area contributed by atoms with Crippen LogP contribution in [0.3, 0.4) is 0 Å². The molecule has 0 saturated heterocycles. The molecule has 1 amide bonds. The Bertz CT molecular complexity index is 607. The van der Waals surface area contributed by atoms with Gasteiger partial charge in [0.05, 0.1) is 11.7 Å². The van der Waals surface area contributed by atoms with Crippen LogP contribution >= 0.6 is 11.3 Å². The lowest BCUT2D eigenvalue weighted by molar-refractivity contribution is -0.117. The molecule has 5 heteroatoms. The summed E-state index contributed by atoms with van der Waals surface area (Å²) >= 11 is 1.48. The molecule has 3 rings (SSSR count). The zero-order chi connectivity index (χ0) is 14.7. The fourth-order valence-electron chi connectivity index (χ4n) is 2.21. The van der Waals surface area contributed by atoms with Gasteiger partial charge in [-0.2, -0.15) is 0 Å². The van der Waals surface area contributed by atoms with Crippen LogP contribution in [0, 0.1) is 0 Å². The van der Waals surface area contributed by atoms with Crippen molar-refractivity contribution < 1.29 is 4.79 Å². The summed E-state index contributed by atoms with van der Waals surface area (Å²) < 4.78 is 0. The fraction of sp³-hybridized carbons (Fsp3) is 0.375. The molecule has 1 heterocycles. The first-order valence-corrected chi connectivity index (χ1v) is 8.16. The average molecular weight is 301 g/mol. The van der Waals surface area contributed by atoms with Crippen molar-refractivity contribution in [3.8, 4) is 0 Å². The highest BCUT2D eigenvalue weighted by Crippen LogP contribution is 2.40. The summed E-state index contributed by atoms with van der Waals surface area (Å²) in [5.41, 5.74) is 8.26. The molecule has 21 heavy (non-hydrogen) atoms. The van der Waals surface area contributed by atoms with E-state index in [4.69, 9.17) is 5.73 Å². The van der Waals surface area contributed by atoms with Crippen LogP contribution in [-0.2, 0) is 11.2 Å². The maximum absolute atomic E-state index is 12.1. The molecule has 1 saturated carbocycles. The van der Waals surface area contributed by atoms with Crippen LogP contribution in [-0.4, -0.2) is 16.9 Å². The van der Waals surface area contributed by atoms with Crippen molar-refractivity contribution in [2.45, 2.75) is 37.6 Å². The minimum absolute atomic E-state index is 0.150. The van der Waals surface area contributed by atoms with Crippen molar-refractivity contribution in [2.24, 2.45) is 5.73 Å². The number of thiazole rings is 1. The van der Waals surface area contributed by atoms with Crippen LogP contribution < -0.4 is 11.1 Å². The second kappa shape index (κ2) is 6.37. The number of aromatic nitrogens is 1. The number of benzene rings is 1. The quantitative estimate of drug-likeness (QED) is 0.862. The van der Waals surface area contributed by atoms with E-state index in [2.05, 4.69) is 10.3 Å². The normalized spacial score (nSPS) is 15.7. The van der Waals surface area contributed by atoms with Gasteiger partial charge in [-0.05, 0) is 31.2 Å². The molecule has 1 aliphatic rings. The van der Waals surface area contributed by atoms with Gasteiger partial charge in [-0.3, -0.25) is 4.79 Å². The molecule has 1 aromatic carbocycles. The molecule has 0 bridgehead atoms. The number of hydrogen-bond donors (Lipinski definition) is 2. The van der Waals surface area contributed by atoms with Crippen molar-refractivity contribution >= 4 is 22.4 Å². The Morgan fingerprint density at radius 1 is 1.38 bits per heavy atom. The summed E-state index contributed by atoms with van der Waals surface area (Å²) in [5, 5.41) is 5.52. The molecule has 0 spiro atoms. The average Bonchev–Trinajstić information content (AvgIpc) is 3.26. The second-order valence-corrected chi connectivity index (χ2v) is 6.33. The molecule has 3 N–H and O–H groups in total. The van der Waals surface area contributed by atoms with Gasteiger partial charge in [0, 0.05) is 11.3 Å². The van der Waals surface area contributed by atoms with Gasteiger partial charge >= 0.3 is 0 Å². The highest BCUT2D eigenvalue weighted by molar-refractivity contribution is 7.13. The number of rotatable bonds is 6. The molecule has 110 valence electrons. The van der Waals surface area contributed by atoms with E-state index in [0.717, 1.165) is 12.1 Å². The smallest absolute Gasteiger partial charge is 0.243 e. The lowest BCUT2D eigenvalue weighted by atomic mass is 10.1. The third kappa shape index (κ3) is 3.89. The molecule has 1 aromatic heterocycles. The monoisotopic (exact) mass is 301 g/mol. The first-order chi connectivity index (χ1) is 10.2. The molecular formula is C16H19N3OS. The lowest BCUT2D eigenvalue weighted by Gasteiger charge is -2.10. The summed E-state index contributed by atoms with van der Waals surface area (Å²) in [5.74, 6) is 0.460. The highest BCUT2D eigenvalue weighted by Gasteiger charge is 2.26. The highest BCUT2D eigenvalue weighted by atomic mass is 32.1. The number of nitrogens with zero attached hydrogens (tertiary/aromatic N) is 1. The number of nitrogens with two attached hydrogens (primary N) is 1. The van der Waals surface area contributed by atoms with Crippen molar-refractivity contribution in [3.63, 3.8) is 0 Å². The first kappa shape index (κ1) is 14.2. The van der Waals surface area contributed by atoms with Crippen LogP contribution in [0.1, 0.15) is 36.4 Å². The van der Waals surface area contributed by atoms with E-state index in [1.54, 1.807) is 0 Å². The number of anilines is 1. The van der Waals surface area contributed by atoms with Gasteiger partial charge in [0.1, 0.15) is 0 Å². The Morgan fingerprint density at radius 3 is 2.86 bits per heavy atom. The lowest BCUT2D eigenvalue weighted by Crippen LogP contribution is -2.36. The molecular weight excluding hydrogens is 282 g/mol. The second-order valence-electron chi connectivity index (χ2n) is 5.47. The fourth-order valence-corrected chi connectivity index (χ4v) is 3.00. The first-order valence-electron chi connectivity index (χ1n) is 7.28. The van der Waals surface area contributed by atoms with Crippen molar-refractivity contribution in [1.29, 1.82) is 0 Å².